The standard InChI is InChI=1S/C16H27N3O/c1-6-17-10-13-7-8-18-14(9-13)19-11-15(2,3)20-16(4,5)12-19/h7-9,17H,6,10-12H2,1-5H3. The van der Waals surface area contributed by atoms with E-state index in [9.17, 15) is 0 Å². The molecule has 0 aliphatic carbocycles. The first kappa shape index (κ1) is 15.3. The van der Waals surface area contributed by atoms with E-state index in [0.717, 1.165) is 32.0 Å². The summed E-state index contributed by atoms with van der Waals surface area (Å²) >= 11 is 0. The maximum absolute atomic E-state index is 6.13. The number of nitrogens with one attached hydrogen (secondary N) is 1. The van der Waals surface area contributed by atoms with Gasteiger partial charge in [-0.25, -0.2) is 4.98 Å². The van der Waals surface area contributed by atoms with Crippen molar-refractivity contribution in [3.8, 4) is 0 Å². The van der Waals surface area contributed by atoms with Crippen molar-refractivity contribution in [2.75, 3.05) is 24.5 Å². The Morgan fingerprint density at radius 3 is 2.50 bits per heavy atom. The largest absolute Gasteiger partial charge is 0.366 e. The van der Waals surface area contributed by atoms with E-state index in [1.165, 1.54) is 5.56 Å². The van der Waals surface area contributed by atoms with Gasteiger partial charge in [-0.3, -0.25) is 0 Å². The van der Waals surface area contributed by atoms with Crippen molar-refractivity contribution in [3.05, 3.63) is 23.9 Å². The molecule has 1 aromatic rings. The van der Waals surface area contributed by atoms with Crippen molar-refractivity contribution < 1.29 is 4.74 Å². The zero-order valence-corrected chi connectivity index (χ0v) is 13.4. The molecule has 1 fully saturated rings. The Kier molecular flexibility index (Phi) is 4.35. The van der Waals surface area contributed by atoms with Crippen molar-refractivity contribution in [1.29, 1.82) is 0 Å². The molecule has 0 spiro atoms. The van der Waals surface area contributed by atoms with Gasteiger partial charge in [0.15, 0.2) is 0 Å². The number of morpholine rings is 1. The maximum atomic E-state index is 6.13. The summed E-state index contributed by atoms with van der Waals surface area (Å²) in [5.41, 5.74) is 0.973. The lowest BCUT2D eigenvalue weighted by Crippen LogP contribution is -2.57. The van der Waals surface area contributed by atoms with Gasteiger partial charge in [0.1, 0.15) is 5.82 Å². The summed E-state index contributed by atoms with van der Waals surface area (Å²) in [7, 11) is 0. The summed E-state index contributed by atoms with van der Waals surface area (Å²) in [5, 5.41) is 3.36. The summed E-state index contributed by atoms with van der Waals surface area (Å²) in [4.78, 5) is 6.88. The average Bonchev–Trinajstić information content (AvgIpc) is 2.33. The maximum Gasteiger partial charge on any atom is 0.128 e. The molecule has 0 radical (unpaired) electrons. The molecule has 0 saturated carbocycles. The molecule has 0 unspecified atom stereocenters. The molecular formula is C16H27N3O. The average molecular weight is 277 g/mol. The lowest BCUT2D eigenvalue weighted by Gasteiger charge is -2.47. The molecule has 2 rings (SSSR count). The number of hydrogen-bond donors (Lipinski definition) is 1. The van der Waals surface area contributed by atoms with Gasteiger partial charge in [0.2, 0.25) is 0 Å². The number of hydrogen-bond acceptors (Lipinski definition) is 4. The summed E-state index contributed by atoms with van der Waals surface area (Å²) in [6, 6.07) is 4.25. The van der Waals surface area contributed by atoms with Crippen molar-refractivity contribution in [1.82, 2.24) is 10.3 Å². The van der Waals surface area contributed by atoms with E-state index in [1.807, 2.05) is 6.20 Å². The Morgan fingerprint density at radius 1 is 1.25 bits per heavy atom. The van der Waals surface area contributed by atoms with Crippen molar-refractivity contribution in [3.63, 3.8) is 0 Å². The summed E-state index contributed by atoms with van der Waals surface area (Å²) in [6.07, 6.45) is 1.90. The zero-order chi connectivity index (χ0) is 14.8. The zero-order valence-electron chi connectivity index (χ0n) is 13.4. The van der Waals surface area contributed by atoms with E-state index < -0.39 is 0 Å². The van der Waals surface area contributed by atoms with Gasteiger partial charge in [0.05, 0.1) is 11.2 Å². The third-order valence-electron chi connectivity index (χ3n) is 3.41. The van der Waals surface area contributed by atoms with Gasteiger partial charge in [-0.2, -0.15) is 0 Å². The van der Waals surface area contributed by atoms with Crippen LogP contribution in [0.15, 0.2) is 18.3 Å². The first-order valence-electron chi connectivity index (χ1n) is 7.42. The Balaban J connectivity index is 2.18. The van der Waals surface area contributed by atoms with Crippen LogP contribution in [0.2, 0.25) is 0 Å². The third-order valence-corrected chi connectivity index (χ3v) is 3.41. The van der Waals surface area contributed by atoms with Crippen LogP contribution in [0.5, 0.6) is 0 Å². The molecule has 1 N–H and O–H groups in total. The van der Waals surface area contributed by atoms with E-state index in [2.05, 4.69) is 62.0 Å². The number of aromatic nitrogens is 1. The fraction of sp³-hybridized carbons (Fsp3) is 0.688. The molecule has 1 aliphatic rings. The van der Waals surface area contributed by atoms with Crippen molar-refractivity contribution in [2.45, 2.75) is 52.4 Å². The lowest BCUT2D eigenvalue weighted by atomic mass is 9.99. The van der Waals surface area contributed by atoms with Crippen LogP contribution in [-0.2, 0) is 11.3 Å². The van der Waals surface area contributed by atoms with Crippen molar-refractivity contribution in [2.24, 2.45) is 0 Å². The third kappa shape index (κ3) is 3.93. The lowest BCUT2D eigenvalue weighted by molar-refractivity contribution is -0.133. The topological polar surface area (TPSA) is 37.4 Å². The number of pyridine rings is 1. The molecule has 1 aliphatic heterocycles. The van der Waals surface area contributed by atoms with E-state index in [1.54, 1.807) is 0 Å². The second-order valence-corrected chi connectivity index (χ2v) is 6.78. The molecule has 1 saturated heterocycles. The first-order valence-corrected chi connectivity index (χ1v) is 7.42. The van der Waals surface area contributed by atoms with E-state index in [-0.39, 0.29) is 11.2 Å². The van der Waals surface area contributed by atoms with Gasteiger partial charge in [-0.15, -0.1) is 0 Å². The fourth-order valence-electron chi connectivity index (χ4n) is 2.96. The van der Waals surface area contributed by atoms with Gasteiger partial charge in [-0.1, -0.05) is 6.92 Å². The Hall–Kier alpha value is -1.13. The molecule has 0 amide bonds. The smallest absolute Gasteiger partial charge is 0.128 e. The molecule has 112 valence electrons. The minimum Gasteiger partial charge on any atom is -0.366 e. The fourth-order valence-corrected chi connectivity index (χ4v) is 2.96. The van der Waals surface area contributed by atoms with Crippen LogP contribution in [0.1, 0.15) is 40.2 Å². The Labute approximate surface area is 122 Å². The van der Waals surface area contributed by atoms with Crippen LogP contribution in [-0.4, -0.2) is 35.8 Å². The minimum atomic E-state index is -0.152. The number of ether oxygens (including phenoxy) is 1. The number of rotatable bonds is 4. The monoisotopic (exact) mass is 277 g/mol. The van der Waals surface area contributed by atoms with Crippen LogP contribution in [0.4, 0.5) is 5.82 Å². The highest BCUT2D eigenvalue weighted by Gasteiger charge is 2.38. The molecule has 4 heteroatoms. The van der Waals surface area contributed by atoms with Crippen LogP contribution in [0.3, 0.4) is 0 Å². The molecule has 0 bridgehead atoms. The van der Waals surface area contributed by atoms with Crippen LogP contribution >= 0.6 is 0 Å². The van der Waals surface area contributed by atoms with Gasteiger partial charge >= 0.3 is 0 Å². The molecular weight excluding hydrogens is 250 g/mol. The first-order chi connectivity index (χ1) is 9.31. The quantitative estimate of drug-likeness (QED) is 0.918. The van der Waals surface area contributed by atoms with Gasteiger partial charge in [-0.05, 0) is 51.9 Å². The van der Waals surface area contributed by atoms with Gasteiger partial charge in [0, 0.05) is 25.8 Å². The summed E-state index contributed by atoms with van der Waals surface area (Å²) in [5.74, 6) is 1.05. The summed E-state index contributed by atoms with van der Waals surface area (Å²) < 4.78 is 6.13. The van der Waals surface area contributed by atoms with Crippen LogP contribution in [0, 0.1) is 0 Å². The molecule has 0 atom stereocenters. The molecule has 2 heterocycles. The molecule has 0 aromatic carbocycles. The summed E-state index contributed by atoms with van der Waals surface area (Å²) in [6.45, 7) is 14.3. The number of anilines is 1. The second kappa shape index (κ2) is 5.70. The van der Waals surface area contributed by atoms with E-state index >= 15 is 0 Å². The highest BCUT2D eigenvalue weighted by molar-refractivity contribution is 5.42. The van der Waals surface area contributed by atoms with Gasteiger partial charge in [0.25, 0.3) is 0 Å². The minimum absolute atomic E-state index is 0.152. The highest BCUT2D eigenvalue weighted by Crippen LogP contribution is 2.30. The van der Waals surface area contributed by atoms with Crippen molar-refractivity contribution >= 4 is 5.82 Å². The van der Waals surface area contributed by atoms with E-state index in [0.29, 0.717) is 0 Å². The van der Waals surface area contributed by atoms with E-state index in [4.69, 9.17) is 4.74 Å². The van der Waals surface area contributed by atoms with Gasteiger partial charge < -0.3 is 15.0 Å². The normalized spacial score (nSPS) is 20.9. The Bertz CT molecular complexity index is 441. The van der Waals surface area contributed by atoms with Crippen LogP contribution in [0.25, 0.3) is 0 Å². The molecule has 1 aromatic heterocycles. The SMILES string of the molecule is CCNCc1ccnc(N2CC(C)(C)OC(C)(C)C2)c1. The predicted molar refractivity (Wildman–Crippen MR) is 83.1 cm³/mol. The Morgan fingerprint density at radius 2 is 1.90 bits per heavy atom. The number of nitrogens with zero attached hydrogens (tertiary/aromatic N) is 2. The highest BCUT2D eigenvalue weighted by atomic mass is 16.5. The molecule has 4 nitrogen and oxygen atoms in total. The van der Waals surface area contributed by atoms with Crippen LogP contribution < -0.4 is 10.2 Å². The molecule has 20 heavy (non-hydrogen) atoms. The second-order valence-electron chi connectivity index (χ2n) is 6.78. The predicted octanol–water partition coefficient (Wildman–Crippen LogP) is 2.58.